The lowest BCUT2D eigenvalue weighted by molar-refractivity contribution is 0.811. The van der Waals surface area contributed by atoms with E-state index < -0.39 is 0 Å². The molecule has 1 saturated carbocycles. The first-order valence-electron chi connectivity index (χ1n) is 3.64. The maximum atomic E-state index is 5.41. The van der Waals surface area contributed by atoms with Crippen LogP contribution < -0.4 is 5.73 Å². The molecule has 2 rings (SSSR count). The Bertz CT molecular complexity index is 225. The monoisotopic (exact) mass is 137 g/mol. The highest BCUT2D eigenvalue weighted by atomic mass is 15.0. The number of imidazole rings is 1. The lowest BCUT2D eigenvalue weighted by Gasteiger charge is -1.89. The third-order valence-corrected chi connectivity index (χ3v) is 1.85. The van der Waals surface area contributed by atoms with Crippen molar-refractivity contribution >= 4 is 5.95 Å². The largest absolute Gasteiger partial charge is 0.369 e. The molecule has 0 aliphatic heterocycles. The number of anilines is 1. The molecule has 3 heteroatoms. The van der Waals surface area contributed by atoms with Gasteiger partial charge in [0.25, 0.3) is 0 Å². The molecule has 1 aliphatic carbocycles. The average Bonchev–Trinajstić information content (AvgIpc) is 2.59. The summed E-state index contributed by atoms with van der Waals surface area (Å²) in [6, 6.07) is 0. The van der Waals surface area contributed by atoms with Gasteiger partial charge in [-0.15, -0.1) is 0 Å². The van der Waals surface area contributed by atoms with Crippen molar-refractivity contribution in [2.24, 2.45) is 5.92 Å². The number of hydrogen-bond donors (Lipinski definition) is 2. The van der Waals surface area contributed by atoms with Crippen molar-refractivity contribution in [3.63, 3.8) is 0 Å². The van der Waals surface area contributed by atoms with Crippen molar-refractivity contribution in [3.05, 3.63) is 11.9 Å². The Labute approximate surface area is 59.7 Å². The minimum Gasteiger partial charge on any atom is -0.369 e. The first-order chi connectivity index (χ1) is 4.84. The van der Waals surface area contributed by atoms with Gasteiger partial charge >= 0.3 is 0 Å². The third-order valence-electron chi connectivity index (χ3n) is 1.85. The summed E-state index contributed by atoms with van der Waals surface area (Å²) in [6.07, 6.45) is 5.70. The van der Waals surface area contributed by atoms with Crippen LogP contribution in [0.3, 0.4) is 0 Å². The molecule has 0 saturated heterocycles. The van der Waals surface area contributed by atoms with Crippen LogP contribution in [-0.4, -0.2) is 9.97 Å². The molecule has 54 valence electrons. The van der Waals surface area contributed by atoms with E-state index in [4.69, 9.17) is 5.73 Å². The van der Waals surface area contributed by atoms with Crippen LogP contribution in [0.1, 0.15) is 18.5 Å². The van der Waals surface area contributed by atoms with E-state index in [0.717, 1.165) is 12.3 Å². The molecule has 10 heavy (non-hydrogen) atoms. The molecule has 1 aromatic rings. The molecule has 0 unspecified atom stereocenters. The fraction of sp³-hybridized carbons (Fsp3) is 0.571. The normalized spacial score (nSPS) is 17.6. The molecule has 1 aliphatic rings. The van der Waals surface area contributed by atoms with Crippen LogP contribution in [0.15, 0.2) is 6.20 Å². The van der Waals surface area contributed by atoms with E-state index in [1.54, 1.807) is 0 Å². The van der Waals surface area contributed by atoms with Gasteiger partial charge in [0.05, 0.1) is 6.20 Å². The molecule has 0 spiro atoms. The maximum absolute atomic E-state index is 5.41. The molecule has 0 radical (unpaired) electrons. The Morgan fingerprint density at radius 3 is 3.00 bits per heavy atom. The number of nitrogen functional groups attached to an aromatic ring is 1. The summed E-state index contributed by atoms with van der Waals surface area (Å²) in [5.74, 6) is 1.44. The summed E-state index contributed by atoms with van der Waals surface area (Å²) in [5, 5.41) is 0. The highest BCUT2D eigenvalue weighted by molar-refractivity contribution is 5.18. The van der Waals surface area contributed by atoms with E-state index in [1.807, 2.05) is 6.20 Å². The van der Waals surface area contributed by atoms with Crippen molar-refractivity contribution in [1.29, 1.82) is 0 Å². The molecule has 0 aromatic carbocycles. The molecule has 3 N–H and O–H groups in total. The predicted molar refractivity (Wildman–Crippen MR) is 39.4 cm³/mol. The zero-order valence-corrected chi connectivity index (χ0v) is 5.80. The first kappa shape index (κ1) is 5.77. The van der Waals surface area contributed by atoms with E-state index in [2.05, 4.69) is 9.97 Å². The molecule has 0 bridgehead atoms. The van der Waals surface area contributed by atoms with Crippen LogP contribution >= 0.6 is 0 Å². The van der Waals surface area contributed by atoms with Gasteiger partial charge in [-0.25, -0.2) is 4.98 Å². The Hall–Kier alpha value is -0.990. The molecule has 1 heterocycles. The number of nitrogens with two attached hydrogens (primary N) is 1. The SMILES string of the molecule is Nc1ncc(CC2CC2)[nH]1. The Morgan fingerprint density at radius 2 is 2.50 bits per heavy atom. The van der Waals surface area contributed by atoms with Gasteiger partial charge in [0.2, 0.25) is 0 Å². The number of aromatic amines is 1. The van der Waals surface area contributed by atoms with E-state index in [-0.39, 0.29) is 0 Å². The number of H-pyrrole nitrogens is 1. The second-order valence-electron chi connectivity index (χ2n) is 2.94. The van der Waals surface area contributed by atoms with Gasteiger partial charge in [-0.05, 0) is 25.2 Å². The number of hydrogen-bond acceptors (Lipinski definition) is 2. The van der Waals surface area contributed by atoms with Crippen LogP contribution in [0, 0.1) is 5.92 Å². The summed E-state index contributed by atoms with van der Waals surface area (Å²) in [6.45, 7) is 0. The molecular weight excluding hydrogens is 126 g/mol. The zero-order valence-electron chi connectivity index (χ0n) is 5.80. The number of nitrogens with one attached hydrogen (secondary N) is 1. The van der Waals surface area contributed by atoms with Gasteiger partial charge < -0.3 is 10.7 Å². The molecule has 1 aromatic heterocycles. The highest BCUT2D eigenvalue weighted by Gasteiger charge is 2.21. The predicted octanol–water partition coefficient (Wildman–Crippen LogP) is 0.944. The average molecular weight is 137 g/mol. The van der Waals surface area contributed by atoms with E-state index in [1.165, 1.54) is 18.5 Å². The number of rotatable bonds is 2. The van der Waals surface area contributed by atoms with Gasteiger partial charge in [-0.1, -0.05) is 0 Å². The highest BCUT2D eigenvalue weighted by Crippen LogP contribution is 2.31. The lowest BCUT2D eigenvalue weighted by Crippen LogP contribution is -1.89. The van der Waals surface area contributed by atoms with Crippen LogP contribution in [0.4, 0.5) is 5.95 Å². The summed E-state index contributed by atoms with van der Waals surface area (Å²) in [4.78, 5) is 6.93. The van der Waals surface area contributed by atoms with Crippen molar-refractivity contribution in [2.75, 3.05) is 5.73 Å². The third kappa shape index (κ3) is 1.12. The van der Waals surface area contributed by atoms with Crippen LogP contribution in [0.2, 0.25) is 0 Å². The summed E-state index contributed by atoms with van der Waals surface area (Å²) in [7, 11) is 0. The van der Waals surface area contributed by atoms with Gasteiger partial charge in [0.15, 0.2) is 5.95 Å². The fourth-order valence-electron chi connectivity index (χ4n) is 1.11. The van der Waals surface area contributed by atoms with Crippen LogP contribution in [0.25, 0.3) is 0 Å². The van der Waals surface area contributed by atoms with E-state index in [9.17, 15) is 0 Å². The zero-order chi connectivity index (χ0) is 6.97. The van der Waals surface area contributed by atoms with Crippen LogP contribution in [0.5, 0.6) is 0 Å². The Balaban J connectivity index is 2.03. The summed E-state index contributed by atoms with van der Waals surface area (Å²) >= 11 is 0. The number of aromatic nitrogens is 2. The van der Waals surface area contributed by atoms with Gasteiger partial charge in [0.1, 0.15) is 0 Å². The molecule has 0 amide bonds. The summed E-state index contributed by atoms with van der Waals surface area (Å²) < 4.78 is 0. The molecule has 3 nitrogen and oxygen atoms in total. The Kier molecular flexibility index (Phi) is 1.16. The van der Waals surface area contributed by atoms with Crippen molar-refractivity contribution < 1.29 is 0 Å². The first-order valence-corrected chi connectivity index (χ1v) is 3.64. The molecular formula is C7H11N3. The minimum absolute atomic E-state index is 0.538. The van der Waals surface area contributed by atoms with Crippen LogP contribution in [-0.2, 0) is 6.42 Å². The van der Waals surface area contributed by atoms with Gasteiger partial charge in [0, 0.05) is 5.69 Å². The van der Waals surface area contributed by atoms with E-state index in [0.29, 0.717) is 5.95 Å². The van der Waals surface area contributed by atoms with Crippen molar-refractivity contribution in [3.8, 4) is 0 Å². The topological polar surface area (TPSA) is 54.7 Å². The second-order valence-corrected chi connectivity index (χ2v) is 2.94. The molecule has 1 fully saturated rings. The summed E-state index contributed by atoms with van der Waals surface area (Å²) in [5.41, 5.74) is 6.59. The lowest BCUT2D eigenvalue weighted by atomic mass is 10.2. The van der Waals surface area contributed by atoms with Crippen molar-refractivity contribution in [2.45, 2.75) is 19.3 Å². The maximum Gasteiger partial charge on any atom is 0.197 e. The smallest absolute Gasteiger partial charge is 0.197 e. The van der Waals surface area contributed by atoms with Gasteiger partial charge in [-0.3, -0.25) is 0 Å². The Morgan fingerprint density at radius 1 is 1.70 bits per heavy atom. The standard InChI is InChI=1S/C7H11N3/c8-7-9-4-6(10-7)3-5-1-2-5/h4-5H,1-3H2,(H3,8,9,10). The van der Waals surface area contributed by atoms with Gasteiger partial charge in [-0.2, -0.15) is 0 Å². The van der Waals surface area contributed by atoms with Crippen molar-refractivity contribution in [1.82, 2.24) is 9.97 Å². The second kappa shape index (κ2) is 2.01. The fourth-order valence-corrected chi connectivity index (χ4v) is 1.11. The quantitative estimate of drug-likeness (QED) is 0.637. The van der Waals surface area contributed by atoms with E-state index >= 15 is 0 Å². The minimum atomic E-state index is 0.538. The molecule has 0 atom stereocenters. The number of nitrogens with zero attached hydrogens (tertiary/aromatic N) is 1.